The monoisotopic (exact) mass is 294 g/mol. The number of nitrogens with one attached hydrogen (secondary N) is 1. The van der Waals surface area contributed by atoms with E-state index in [0.29, 0.717) is 6.42 Å². The van der Waals surface area contributed by atoms with Crippen LogP contribution in [0.2, 0.25) is 0 Å². The van der Waals surface area contributed by atoms with Crippen LogP contribution >= 0.6 is 0 Å². The van der Waals surface area contributed by atoms with Crippen molar-refractivity contribution in [3.05, 3.63) is 71.4 Å². The Morgan fingerprint density at radius 3 is 2.50 bits per heavy atom. The molecule has 0 saturated heterocycles. The van der Waals surface area contributed by atoms with Crippen LogP contribution in [0.4, 0.5) is 0 Å². The van der Waals surface area contributed by atoms with Crippen LogP contribution in [0, 0.1) is 0 Å². The molecule has 1 heterocycles. The SMILES string of the molecule is N[C@@H](Cc1c(Cc2ccccc2)[nH]c2ccccc12)C(=O)O. The standard InChI is InChI=1S/C18H18N2O2/c19-15(18(21)22)11-14-13-8-4-5-9-16(13)20-17(14)10-12-6-2-1-3-7-12/h1-9,15,20H,10-11,19H2,(H,21,22)/t15-/m0/s1. The Morgan fingerprint density at radius 1 is 1.09 bits per heavy atom. The first-order valence-corrected chi connectivity index (χ1v) is 7.26. The summed E-state index contributed by atoms with van der Waals surface area (Å²) in [6.07, 6.45) is 1.05. The summed E-state index contributed by atoms with van der Waals surface area (Å²) in [5.74, 6) is -0.976. The van der Waals surface area contributed by atoms with E-state index in [2.05, 4.69) is 17.1 Å². The molecule has 0 spiro atoms. The van der Waals surface area contributed by atoms with Gasteiger partial charge >= 0.3 is 5.97 Å². The number of carbonyl (C=O) groups is 1. The molecule has 0 bridgehead atoms. The van der Waals surface area contributed by atoms with Crippen molar-refractivity contribution in [2.75, 3.05) is 0 Å². The molecule has 0 saturated carbocycles. The smallest absolute Gasteiger partial charge is 0.320 e. The summed E-state index contributed by atoms with van der Waals surface area (Å²) in [7, 11) is 0. The maximum absolute atomic E-state index is 11.1. The van der Waals surface area contributed by atoms with Crippen molar-refractivity contribution in [1.82, 2.24) is 4.98 Å². The Hall–Kier alpha value is -2.59. The third-order valence-corrected chi connectivity index (χ3v) is 3.87. The number of aromatic nitrogens is 1. The van der Waals surface area contributed by atoms with Crippen molar-refractivity contribution in [2.45, 2.75) is 18.9 Å². The molecule has 4 nitrogen and oxygen atoms in total. The minimum atomic E-state index is -0.976. The molecule has 3 aromatic rings. The summed E-state index contributed by atoms with van der Waals surface area (Å²) in [4.78, 5) is 14.5. The first kappa shape index (κ1) is 14.4. The van der Waals surface area contributed by atoms with E-state index in [1.165, 1.54) is 5.56 Å². The summed E-state index contributed by atoms with van der Waals surface area (Å²) in [6, 6.07) is 17.1. The predicted molar refractivity (Wildman–Crippen MR) is 86.9 cm³/mol. The fourth-order valence-corrected chi connectivity index (χ4v) is 2.75. The first-order chi connectivity index (χ1) is 10.6. The second-order valence-electron chi connectivity index (χ2n) is 5.44. The first-order valence-electron chi connectivity index (χ1n) is 7.26. The van der Waals surface area contributed by atoms with E-state index in [-0.39, 0.29) is 0 Å². The molecule has 4 heteroatoms. The second-order valence-corrected chi connectivity index (χ2v) is 5.44. The topological polar surface area (TPSA) is 79.1 Å². The van der Waals surface area contributed by atoms with E-state index < -0.39 is 12.0 Å². The molecule has 0 unspecified atom stereocenters. The number of hydrogen-bond donors (Lipinski definition) is 3. The van der Waals surface area contributed by atoms with Crippen molar-refractivity contribution in [2.24, 2.45) is 5.73 Å². The Kier molecular flexibility index (Phi) is 3.94. The highest BCUT2D eigenvalue weighted by Gasteiger charge is 2.18. The van der Waals surface area contributed by atoms with Gasteiger partial charge in [0.15, 0.2) is 0 Å². The van der Waals surface area contributed by atoms with Crippen molar-refractivity contribution in [1.29, 1.82) is 0 Å². The van der Waals surface area contributed by atoms with Gasteiger partial charge < -0.3 is 15.8 Å². The minimum Gasteiger partial charge on any atom is -0.480 e. The van der Waals surface area contributed by atoms with Crippen molar-refractivity contribution < 1.29 is 9.90 Å². The highest BCUT2D eigenvalue weighted by atomic mass is 16.4. The average Bonchev–Trinajstić information content (AvgIpc) is 2.86. The Bertz CT molecular complexity index is 793. The van der Waals surface area contributed by atoms with E-state index in [1.54, 1.807) is 0 Å². The molecule has 1 atom stereocenters. The van der Waals surface area contributed by atoms with Crippen LogP contribution in [-0.2, 0) is 17.6 Å². The van der Waals surface area contributed by atoms with Gasteiger partial charge in [-0.2, -0.15) is 0 Å². The Morgan fingerprint density at radius 2 is 1.77 bits per heavy atom. The number of carboxylic acid groups (broad SMARTS) is 1. The Labute approximate surface area is 128 Å². The number of rotatable bonds is 5. The molecule has 0 aliphatic carbocycles. The fourth-order valence-electron chi connectivity index (χ4n) is 2.75. The van der Waals surface area contributed by atoms with Gasteiger partial charge in [0.2, 0.25) is 0 Å². The molecular weight excluding hydrogens is 276 g/mol. The summed E-state index contributed by atoms with van der Waals surface area (Å²) in [5.41, 5.74) is 9.97. The van der Waals surface area contributed by atoms with Gasteiger partial charge in [-0.3, -0.25) is 4.79 Å². The summed E-state index contributed by atoms with van der Waals surface area (Å²) >= 11 is 0. The van der Waals surface area contributed by atoms with E-state index in [4.69, 9.17) is 10.8 Å². The van der Waals surface area contributed by atoms with Crippen LogP contribution in [-0.4, -0.2) is 22.1 Å². The maximum Gasteiger partial charge on any atom is 0.320 e. The zero-order valence-electron chi connectivity index (χ0n) is 12.1. The van der Waals surface area contributed by atoms with E-state index in [0.717, 1.165) is 28.6 Å². The van der Waals surface area contributed by atoms with E-state index >= 15 is 0 Å². The molecule has 1 aromatic heterocycles. The van der Waals surface area contributed by atoms with E-state index in [9.17, 15) is 4.79 Å². The molecule has 2 aromatic carbocycles. The zero-order valence-corrected chi connectivity index (χ0v) is 12.1. The average molecular weight is 294 g/mol. The molecule has 0 amide bonds. The van der Waals surface area contributed by atoms with Gasteiger partial charge in [-0.25, -0.2) is 0 Å². The normalized spacial score (nSPS) is 12.4. The van der Waals surface area contributed by atoms with Gasteiger partial charge in [0, 0.05) is 29.4 Å². The second kappa shape index (κ2) is 6.03. The number of aliphatic carboxylic acids is 1. The Balaban J connectivity index is 2.02. The summed E-state index contributed by atoms with van der Waals surface area (Å²) < 4.78 is 0. The van der Waals surface area contributed by atoms with Crippen molar-refractivity contribution in [3.63, 3.8) is 0 Å². The lowest BCUT2D eigenvalue weighted by molar-refractivity contribution is -0.138. The number of H-pyrrole nitrogens is 1. The van der Waals surface area contributed by atoms with Gasteiger partial charge in [0.05, 0.1) is 0 Å². The van der Waals surface area contributed by atoms with Crippen LogP contribution in [0.25, 0.3) is 10.9 Å². The number of fused-ring (bicyclic) bond motifs is 1. The molecule has 3 rings (SSSR count). The number of benzene rings is 2. The molecule has 0 fully saturated rings. The highest BCUT2D eigenvalue weighted by molar-refractivity contribution is 5.86. The third-order valence-electron chi connectivity index (χ3n) is 3.87. The number of nitrogens with two attached hydrogens (primary N) is 1. The maximum atomic E-state index is 11.1. The van der Waals surface area contributed by atoms with Gasteiger partial charge in [-0.1, -0.05) is 48.5 Å². The van der Waals surface area contributed by atoms with Gasteiger partial charge in [0.25, 0.3) is 0 Å². The van der Waals surface area contributed by atoms with Crippen LogP contribution in [0.1, 0.15) is 16.8 Å². The molecule has 4 N–H and O–H groups in total. The summed E-state index contributed by atoms with van der Waals surface area (Å²) in [6.45, 7) is 0. The van der Waals surface area contributed by atoms with Crippen LogP contribution in [0.3, 0.4) is 0 Å². The lowest BCUT2D eigenvalue weighted by atomic mass is 9.99. The van der Waals surface area contributed by atoms with E-state index in [1.807, 2.05) is 42.5 Å². The number of aromatic amines is 1. The number of para-hydroxylation sites is 1. The lowest BCUT2D eigenvalue weighted by Gasteiger charge is -2.09. The van der Waals surface area contributed by atoms with Crippen molar-refractivity contribution >= 4 is 16.9 Å². The largest absolute Gasteiger partial charge is 0.480 e. The molecular formula is C18H18N2O2. The van der Waals surface area contributed by atoms with Crippen LogP contribution in [0.5, 0.6) is 0 Å². The third kappa shape index (κ3) is 2.87. The van der Waals surface area contributed by atoms with Gasteiger partial charge in [-0.05, 0) is 17.2 Å². The number of carboxylic acids is 1. The summed E-state index contributed by atoms with van der Waals surface area (Å²) in [5, 5.41) is 10.1. The van der Waals surface area contributed by atoms with Gasteiger partial charge in [-0.15, -0.1) is 0 Å². The number of hydrogen-bond acceptors (Lipinski definition) is 2. The zero-order chi connectivity index (χ0) is 15.5. The lowest BCUT2D eigenvalue weighted by Crippen LogP contribution is -2.32. The van der Waals surface area contributed by atoms with Crippen LogP contribution in [0.15, 0.2) is 54.6 Å². The molecule has 112 valence electrons. The molecule has 0 radical (unpaired) electrons. The van der Waals surface area contributed by atoms with Crippen molar-refractivity contribution in [3.8, 4) is 0 Å². The molecule has 0 aliphatic rings. The highest BCUT2D eigenvalue weighted by Crippen LogP contribution is 2.25. The fraction of sp³-hybridized carbons (Fsp3) is 0.167. The molecule has 22 heavy (non-hydrogen) atoms. The van der Waals surface area contributed by atoms with Crippen LogP contribution < -0.4 is 5.73 Å². The minimum absolute atomic E-state index is 0.321. The molecule has 0 aliphatic heterocycles. The predicted octanol–water partition coefficient (Wildman–Crippen LogP) is 2.71. The quantitative estimate of drug-likeness (QED) is 0.677. The van der Waals surface area contributed by atoms with Gasteiger partial charge in [0.1, 0.15) is 6.04 Å².